The molecule has 2 aromatic carbocycles. The fourth-order valence-electron chi connectivity index (χ4n) is 3.00. The molecule has 0 radical (unpaired) electrons. The van der Waals surface area contributed by atoms with Gasteiger partial charge in [-0.1, -0.05) is 30.3 Å². The summed E-state index contributed by atoms with van der Waals surface area (Å²) in [5.74, 6) is -0.210. The number of carbonyl (C=O) groups excluding carboxylic acids is 1. The molecule has 0 atom stereocenters. The maximum absolute atomic E-state index is 13.5. The fraction of sp³-hybridized carbons (Fsp3) is 0.100. The molecule has 4 aromatic rings. The maximum atomic E-state index is 13.5. The Kier molecular flexibility index (Phi) is 4.15. The van der Waals surface area contributed by atoms with Crippen molar-refractivity contribution >= 4 is 28.0 Å². The molecule has 0 aliphatic heterocycles. The predicted molar refractivity (Wildman–Crippen MR) is 97.6 cm³/mol. The first-order valence-electron chi connectivity index (χ1n) is 7.94. The summed E-state index contributed by atoms with van der Waals surface area (Å²) < 4.78 is 15.5. The SMILES string of the molecule is O=C(Cc1nccs1)c1cn(Cc2cccc(F)c2)c2ccccc12. The topological polar surface area (TPSA) is 34.9 Å². The number of aromatic nitrogens is 2. The predicted octanol–water partition coefficient (Wildman–Crippen LogP) is 4.71. The quantitative estimate of drug-likeness (QED) is 0.489. The summed E-state index contributed by atoms with van der Waals surface area (Å²) in [5.41, 5.74) is 2.51. The van der Waals surface area contributed by atoms with Gasteiger partial charge in [0, 0.05) is 40.8 Å². The highest BCUT2D eigenvalue weighted by atomic mass is 32.1. The normalized spacial score (nSPS) is 11.1. The van der Waals surface area contributed by atoms with Gasteiger partial charge in [0.1, 0.15) is 10.8 Å². The number of rotatable bonds is 5. The van der Waals surface area contributed by atoms with Crippen LogP contribution in [-0.4, -0.2) is 15.3 Å². The number of benzene rings is 2. The Morgan fingerprint density at radius 3 is 2.84 bits per heavy atom. The Hall–Kier alpha value is -2.79. The molecule has 0 spiro atoms. The van der Waals surface area contributed by atoms with Crippen molar-refractivity contribution in [3.05, 3.63) is 88.3 Å². The third-order valence-corrected chi connectivity index (χ3v) is 4.91. The minimum absolute atomic E-state index is 0.0455. The lowest BCUT2D eigenvalue weighted by atomic mass is 10.1. The molecule has 0 saturated carbocycles. The average molecular weight is 350 g/mol. The molecule has 0 aliphatic carbocycles. The number of carbonyl (C=O) groups is 1. The summed E-state index contributed by atoms with van der Waals surface area (Å²) in [6.07, 6.45) is 3.87. The van der Waals surface area contributed by atoms with Gasteiger partial charge in [-0.15, -0.1) is 11.3 Å². The van der Waals surface area contributed by atoms with Crippen molar-refractivity contribution in [2.24, 2.45) is 0 Å². The van der Waals surface area contributed by atoms with Gasteiger partial charge in [0.2, 0.25) is 0 Å². The Morgan fingerprint density at radius 1 is 1.16 bits per heavy atom. The molecule has 25 heavy (non-hydrogen) atoms. The van der Waals surface area contributed by atoms with Crippen molar-refractivity contribution in [1.29, 1.82) is 0 Å². The lowest BCUT2D eigenvalue weighted by Crippen LogP contribution is -2.03. The average Bonchev–Trinajstić information content (AvgIpc) is 3.23. The Balaban J connectivity index is 1.72. The van der Waals surface area contributed by atoms with Gasteiger partial charge in [0.25, 0.3) is 0 Å². The van der Waals surface area contributed by atoms with E-state index < -0.39 is 0 Å². The summed E-state index contributed by atoms with van der Waals surface area (Å²) in [4.78, 5) is 16.9. The van der Waals surface area contributed by atoms with Gasteiger partial charge in [0.05, 0.1) is 6.42 Å². The molecule has 0 aliphatic rings. The zero-order valence-corrected chi connectivity index (χ0v) is 14.2. The van der Waals surface area contributed by atoms with Crippen LogP contribution in [0.5, 0.6) is 0 Å². The van der Waals surface area contributed by atoms with Crippen LogP contribution in [0.15, 0.2) is 66.3 Å². The van der Waals surface area contributed by atoms with E-state index >= 15 is 0 Å². The molecule has 0 bridgehead atoms. The molecule has 5 heteroatoms. The monoisotopic (exact) mass is 350 g/mol. The van der Waals surface area contributed by atoms with E-state index in [4.69, 9.17) is 0 Å². The second kappa shape index (κ2) is 6.61. The van der Waals surface area contributed by atoms with Crippen molar-refractivity contribution in [3.8, 4) is 0 Å². The highest BCUT2D eigenvalue weighted by Crippen LogP contribution is 2.24. The number of hydrogen-bond donors (Lipinski definition) is 0. The molecular formula is C20H15FN2OS. The number of fused-ring (bicyclic) bond motifs is 1. The van der Waals surface area contributed by atoms with Crippen molar-refractivity contribution in [3.63, 3.8) is 0 Å². The number of hydrogen-bond acceptors (Lipinski definition) is 3. The molecule has 0 N–H and O–H groups in total. The number of ketones is 1. The Bertz CT molecular complexity index is 1040. The highest BCUT2D eigenvalue weighted by molar-refractivity contribution is 7.09. The number of halogens is 1. The minimum Gasteiger partial charge on any atom is -0.342 e. The van der Waals surface area contributed by atoms with Gasteiger partial charge in [-0.25, -0.2) is 9.37 Å². The molecule has 4 rings (SSSR count). The van der Waals surface area contributed by atoms with Gasteiger partial charge in [0.15, 0.2) is 5.78 Å². The smallest absolute Gasteiger partial charge is 0.171 e. The molecule has 0 amide bonds. The van der Waals surface area contributed by atoms with Crippen LogP contribution < -0.4 is 0 Å². The summed E-state index contributed by atoms with van der Waals surface area (Å²) in [5, 5.41) is 3.60. The summed E-state index contributed by atoms with van der Waals surface area (Å²) in [6.45, 7) is 0.517. The summed E-state index contributed by atoms with van der Waals surface area (Å²) in [7, 11) is 0. The van der Waals surface area contributed by atoms with Crippen molar-refractivity contribution < 1.29 is 9.18 Å². The van der Waals surface area contributed by atoms with Gasteiger partial charge in [-0.3, -0.25) is 4.79 Å². The molecule has 0 unspecified atom stereocenters. The Morgan fingerprint density at radius 2 is 2.04 bits per heavy atom. The van der Waals surface area contributed by atoms with Gasteiger partial charge in [-0.05, 0) is 23.8 Å². The minimum atomic E-state index is -0.256. The molecule has 0 saturated heterocycles. The van der Waals surface area contributed by atoms with Crippen LogP contribution in [0.4, 0.5) is 4.39 Å². The summed E-state index contributed by atoms with van der Waals surface area (Å²) in [6, 6.07) is 14.3. The van der Waals surface area contributed by atoms with Crippen molar-refractivity contribution in [1.82, 2.24) is 9.55 Å². The third-order valence-electron chi connectivity index (χ3n) is 4.13. The molecular weight excluding hydrogens is 335 g/mol. The number of Topliss-reactive ketones (excluding diaryl/α,β-unsaturated/α-hetero) is 1. The number of para-hydroxylation sites is 1. The van der Waals surface area contributed by atoms with Crippen LogP contribution in [0.1, 0.15) is 20.9 Å². The van der Waals surface area contributed by atoms with Crippen LogP contribution in [0.3, 0.4) is 0 Å². The van der Waals surface area contributed by atoms with Gasteiger partial charge < -0.3 is 4.57 Å². The third kappa shape index (κ3) is 3.23. The van der Waals surface area contributed by atoms with E-state index in [9.17, 15) is 9.18 Å². The summed E-state index contributed by atoms with van der Waals surface area (Å²) >= 11 is 1.48. The Labute approximate surface area is 148 Å². The largest absolute Gasteiger partial charge is 0.342 e. The first-order chi connectivity index (χ1) is 12.2. The molecule has 124 valence electrons. The zero-order valence-electron chi connectivity index (χ0n) is 13.4. The van der Waals surface area contributed by atoms with Crippen LogP contribution >= 0.6 is 11.3 Å². The van der Waals surface area contributed by atoms with Crippen LogP contribution in [0.25, 0.3) is 10.9 Å². The van der Waals surface area contributed by atoms with E-state index in [0.29, 0.717) is 18.5 Å². The van der Waals surface area contributed by atoms with E-state index in [1.54, 1.807) is 12.3 Å². The number of nitrogens with zero attached hydrogens (tertiary/aromatic N) is 2. The van der Waals surface area contributed by atoms with Crippen molar-refractivity contribution in [2.45, 2.75) is 13.0 Å². The van der Waals surface area contributed by atoms with Crippen LogP contribution in [0, 0.1) is 5.82 Å². The zero-order chi connectivity index (χ0) is 17.2. The lowest BCUT2D eigenvalue weighted by molar-refractivity contribution is 0.0994. The van der Waals surface area contributed by atoms with Crippen LogP contribution in [0.2, 0.25) is 0 Å². The van der Waals surface area contributed by atoms with Gasteiger partial charge in [-0.2, -0.15) is 0 Å². The van der Waals surface area contributed by atoms with E-state index in [1.165, 1.54) is 23.5 Å². The molecule has 2 aromatic heterocycles. The fourth-order valence-corrected chi connectivity index (χ4v) is 3.62. The first-order valence-corrected chi connectivity index (χ1v) is 8.82. The molecule has 0 fully saturated rings. The standard InChI is InChI=1S/C20H15FN2OS/c21-15-5-3-4-14(10-15)12-23-13-17(16-6-1-2-7-18(16)23)19(24)11-20-22-8-9-25-20/h1-10,13H,11-12H2. The second-order valence-corrected chi connectivity index (χ2v) is 6.82. The first kappa shape index (κ1) is 15.7. The molecule has 2 heterocycles. The van der Waals surface area contributed by atoms with Crippen molar-refractivity contribution in [2.75, 3.05) is 0 Å². The van der Waals surface area contributed by atoms with Crippen LogP contribution in [-0.2, 0) is 13.0 Å². The van der Waals surface area contributed by atoms with Gasteiger partial charge >= 0.3 is 0 Å². The van der Waals surface area contributed by atoms with E-state index in [0.717, 1.165) is 21.5 Å². The van der Waals surface area contributed by atoms with E-state index in [1.807, 2.05) is 46.5 Å². The second-order valence-electron chi connectivity index (χ2n) is 5.84. The molecule has 3 nitrogen and oxygen atoms in total. The maximum Gasteiger partial charge on any atom is 0.171 e. The lowest BCUT2D eigenvalue weighted by Gasteiger charge is -2.05. The van der Waals surface area contributed by atoms with E-state index in [2.05, 4.69) is 4.98 Å². The van der Waals surface area contributed by atoms with E-state index in [-0.39, 0.29) is 11.6 Å². The number of thiazole rings is 1. The highest BCUT2D eigenvalue weighted by Gasteiger charge is 2.16.